The van der Waals surface area contributed by atoms with Gasteiger partial charge in [0, 0.05) is 12.3 Å². The number of aromatic nitrogens is 5. The number of benzene rings is 1. The Labute approximate surface area is 164 Å². The molecule has 0 bridgehead atoms. The molecule has 0 saturated carbocycles. The minimum Gasteiger partial charge on any atom is -0.384 e. The van der Waals surface area contributed by atoms with E-state index in [0.717, 1.165) is 0 Å². The fourth-order valence-corrected chi connectivity index (χ4v) is 3.01. The summed E-state index contributed by atoms with van der Waals surface area (Å²) >= 11 is 6.15. The number of hydrogen-bond donors (Lipinski definition) is 3. The largest absolute Gasteiger partial charge is 0.384 e. The predicted octanol–water partition coefficient (Wildman–Crippen LogP) is 4.18. The number of halogens is 2. The van der Waals surface area contributed by atoms with Crippen LogP contribution in [0.4, 0.5) is 16.0 Å². The van der Waals surface area contributed by atoms with Crippen molar-refractivity contribution in [1.29, 1.82) is 0 Å². The van der Waals surface area contributed by atoms with Gasteiger partial charge in [0.25, 0.3) is 0 Å². The number of rotatable bonds is 4. The lowest BCUT2D eigenvalue weighted by Gasteiger charge is -2.16. The molecular weight excluding hydrogens is 383 g/mol. The first-order valence-corrected chi connectivity index (χ1v) is 8.82. The molecule has 142 valence electrons. The minimum atomic E-state index is -1.11. The van der Waals surface area contributed by atoms with E-state index in [2.05, 4.69) is 30.2 Å². The monoisotopic (exact) mass is 398 g/mol. The van der Waals surface area contributed by atoms with Crippen molar-refractivity contribution in [3.63, 3.8) is 0 Å². The first-order valence-electron chi connectivity index (χ1n) is 8.44. The van der Waals surface area contributed by atoms with E-state index in [1.165, 1.54) is 18.5 Å². The van der Waals surface area contributed by atoms with Gasteiger partial charge < -0.3 is 15.4 Å². The molecule has 0 aliphatic heterocycles. The SMILES string of the molecule is CC(C)(O)c1cc(Nc2nccc3nc(-c4c(F)cccc4Cl)[nH]c23)ncn1. The molecule has 0 fully saturated rings. The molecule has 7 nitrogen and oxygen atoms in total. The lowest BCUT2D eigenvalue weighted by molar-refractivity contribution is 0.0737. The minimum absolute atomic E-state index is 0.192. The van der Waals surface area contributed by atoms with Crippen LogP contribution in [0.3, 0.4) is 0 Å². The van der Waals surface area contributed by atoms with E-state index in [1.807, 2.05) is 0 Å². The topological polar surface area (TPSA) is 99.6 Å². The second-order valence-electron chi connectivity index (χ2n) is 6.71. The summed E-state index contributed by atoms with van der Waals surface area (Å²) < 4.78 is 14.3. The van der Waals surface area contributed by atoms with E-state index in [1.54, 1.807) is 38.2 Å². The molecule has 1 aromatic carbocycles. The Balaban J connectivity index is 1.77. The highest BCUT2D eigenvalue weighted by atomic mass is 35.5. The van der Waals surface area contributed by atoms with Crippen LogP contribution in [0, 0.1) is 5.82 Å². The number of aliphatic hydroxyl groups is 1. The third kappa shape index (κ3) is 3.39. The molecule has 4 rings (SSSR count). The Morgan fingerprint density at radius 2 is 2.00 bits per heavy atom. The van der Waals surface area contributed by atoms with Crippen LogP contribution in [0.5, 0.6) is 0 Å². The zero-order valence-corrected chi connectivity index (χ0v) is 15.8. The summed E-state index contributed by atoms with van der Waals surface area (Å²) in [5, 5.41) is 13.5. The number of hydrogen-bond acceptors (Lipinski definition) is 6. The smallest absolute Gasteiger partial charge is 0.157 e. The van der Waals surface area contributed by atoms with E-state index in [4.69, 9.17) is 11.6 Å². The molecule has 9 heteroatoms. The number of nitrogens with zero attached hydrogens (tertiary/aromatic N) is 4. The lowest BCUT2D eigenvalue weighted by atomic mass is 10.1. The third-order valence-electron chi connectivity index (χ3n) is 4.14. The van der Waals surface area contributed by atoms with Crippen molar-refractivity contribution >= 4 is 34.3 Å². The maximum Gasteiger partial charge on any atom is 0.157 e. The van der Waals surface area contributed by atoms with Gasteiger partial charge in [-0.2, -0.15) is 0 Å². The van der Waals surface area contributed by atoms with E-state index in [0.29, 0.717) is 34.2 Å². The number of aromatic amines is 1. The van der Waals surface area contributed by atoms with Crippen LogP contribution >= 0.6 is 11.6 Å². The van der Waals surface area contributed by atoms with Crippen molar-refractivity contribution in [3.05, 3.63) is 59.4 Å². The van der Waals surface area contributed by atoms with Gasteiger partial charge in [0.05, 0.1) is 21.8 Å². The third-order valence-corrected chi connectivity index (χ3v) is 4.46. The van der Waals surface area contributed by atoms with Crippen LogP contribution in [0.1, 0.15) is 19.5 Å². The van der Waals surface area contributed by atoms with Crippen molar-refractivity contribution in [2.24, 2.45) is 0 Å². The highest BCUT2D eigenvalue weighted by Gasteiger charge is 2.19. The summed E-state index contributed by atoms with van der Waals surface area (Å²) in [7, 11) is 0. The van der Waals surface area contributed by atoms with Crippen LogP contribution in [0.15, 0.2) is 42.9 Å². The van der Waals surface area contributed by atoms with Gasteiger partial charge in [0.1, 0.15) is 34.9 Å². The predicted molar refractivity (Wildman–Crippen MR) is 105 cm³/mol. The van der Waals surface area contributed by atoms with Crippen molar-refractivity contribution < 1.29 is 9.50 Å². The maximum atomic E-state index is 14.3. The van der Waals surface area contributed by atoms with Crippen molar-refractivity contribution in [2.75, 3.05) is 5.32 Å². The molecule has 0 spiro atoms. The molecule has 0 unspecified atom stereocenters. The van der Waals surface area contributed by atoms with Crippen molar-refractivity contribution in [3.8, 4) is 11.4 Å². The second kappa shape index (κ2) is 6.81. The summed E-state index contributed by atoms with van der Waals surface area (Å²) in [6, 6.07) is 7.80. The Bertz CT molecular complexity index is 1150. The van der Waals surface area contributed by atoms with Crippen LogP contribution in [-0.4, -0.2) is 30.0 Å². The Morgan fingerprint density at radius 1 is 1.18 bits per heavy atom. The van der Waals surface area contributed by atoms with Crippen LogP contribution < -0.4 is 5.32 Å². The second-order valence-corrected chi connectivity index (χ2v) is 7.12. The van der Waals surface area contributed by atoms with E-state index in [-0.39, 0.29) is 10.6 Å². The molecule has 3 aromatic heterocycles. The van der Waals surface area contributed by atoms with Gasteiger partial charge in [-0.05, 0) is 32.0 Å². The summed E-state index contributed by atoms with van der Waals surface area (Å²) in [5.74, 6) is 0.727. The standard InChI is InChI=1S/C19H16ClFN6O/c1-19(2,28)13-8-14(24-9-23-13)26-18-16-12(6-7-22-18)25-17(27-16)15-10(20)4-3-5-11(15)21/h3-9,28H,1-2H3,(H,25,27)(H,22,23,24,26). The number of anilines is 2. The quantitative estimate of drug-likeness (QED) is 0.477. The molecule has 4 aromatic rings. The van der Waals surface area contributed by atoms with Gasteiger partial charge in [-0.3, -0.25) is 0 Å². The summed E-state index contributed by atoms with van der Waals surface area (Å²) in [6.07, 6.45) is 2.93. The fraction of sp³-hybridized carbons (Fsp3) is 0.158. The van der Waals surface area contributed by atoms with Gasteiger partial charge in [0.2, 0.25) is 0 Å². The van der Waals surface area contributed by atoms with Gasteiger partial charge in [0.15, 0.2) is 5.82 Å². The van der Waals surface area contributed by atoms with Crippen molar-refractivity contribution in [2.45, 2.75) is 19.4 Å². The molecule has 0 aliphatic rings. The summed E-state index contributed by atoms with van der Waals surface area (Å²) in [4.78, 5) is 20.1. The first kappa shape index (κ1) is 18.3. The number of nitrogens with one attached hydrogen (secondary N) is 2. The molecule has 0 amide bonds. The Hall–Kier alpha value is -3.10. The average molecular weight is 399 g/mol. The molecular formula is C19H16ClFN6O. The highest BCUT2D eigenvalue weighted by Crippen LogP contribution is 2.32. The fourth-order valence-electron chi connectivity index (χ4n) is 2.75. The molecule has 28 heavy (non-hydrogen) atoms. The highest BCUT2D eigenvalue weighted by molar-refractivity contribution is 6.33. The Morgan fingerprint density at radius 3 is 2.75 bits per heavy atom. The summed E-state index contributed by atoms with van der Waals surface area (Å²) in [6.45, 7) is 3.27. The molecule has 0 aliphatic carbocycles. The van der Waals surface area contributed by atoms with Crippen LogP contribution in [-0.2, 0) is 5.60 Å². The Kier molecular flexibility index (Phi) is 4.44. The van der Waals surface area contributed by atoms with Gasteiger partial charge in [-0.25, -0.2) is 24.3 Å². The molecule has 3 N–H and O–H groups in total. The van der Waals surface area contributed by atoms with E-state index >= 15 is 0 Å². The average Bonchev–Trinajstić information content (AvgIpc) is 3.06. The van der Waals surface area contributed by atoms with Crippen molar-refractivity contribution in [1.82, 2.24) is 24.9 Å². The van der Waals surface area contributed by atoms with E-state index < -0.39 is 11.4 Å². The first-order chi connectivity index (χ1) is 13.3. The van der Waals surface area contributed by atoms with Gasteiger partial charge in [-0.15, -0.1) is 0 Å². The summed E-state index contributed by atoms with van der Waals surface area (Å²) in [5.41, 5.74) is 0.698. The zero-order chi connectivity index (χ0) is 19.9. The lowest BCUT2D eigenvalue weighted by Crippen LogP contribution is -2.18. The molecule has 3 heterocycles. The molecule has 0 atom stereocenters. The van der Waals surface area contributed by atoms with Crippen LogP contribution in [0.2, 0.25) is 5.02 Å². The zero-order valence-electron chi connectivity index (χ0n) is 15.0. The number of imidazole rings is 1. The van der Waals surface area contributed by atoms with Crippen LogP contribution in [0.25, 0.3) is 22.4 Å². The van der Waals surface area contributed by atoms with E-state index in [9.17, 15) is 9.50 Å². The van der Waals surface area contributed by atoms with Gasteiger partial charge in [-0.1, -0.05) is 17.7 Å². The number of fused-ring (bicyclic) bond motifs is 1. The van der Waals surface area contributed by atoms with Gasteiger partial charge >= 0.3 is 0 Å². The molecule has 0 saturated heterocycles. The number of pyridine rings is 1. The maximum absolute atomic E-state index is 14.3. The molecule has 0 radical (unpaired) electrons. The number of H-pyrrole nitrogens is 1. The normalized spacial score (nSPS) is 11.8.